The lowest BCUT2D eigenvalue weighted by Crippen LogP contribution is -2.43. The fourth-order valence-electron chi connectivity index (χ4n) is 2.30. The standard InChI is InChI=1S/C18H20FN3O2/c1-20-18(24)17(13-6-4-3-5-7-13)21-16(23)12-22(2)15-10-8-14(19)9-11-15/h3-11,17H,12H2,1-2H3,(H,20,24)(H,21,23). The molecule has 2 aromatic rings. The zero-order valence-electron chi connectivity index (χ0n) is 13.6. The monoisotopic (exact) mass is 329 g/mol. The molecule has 126 valence electrons. The molecule has 0 spiro atoms. The van der Waals surface area contributed by atoms with E-state index < -0.39 is 6.04 Å². The van der Waals surface area contributed by atoms with Crippen molar-refractivity contribution in [2.75, 3.05) is 25.5 Å². The first-order chi connectivity index (χ1) is 11.5. The second-order valence-electron chi connectivity index (χ2n) is 5.36. The maximum atomic E-state index is 13.0. The van der Waals surface area contributed by atoms with Crippen LogP contribution in [0.2, 0.25) is 0 Å². The Morgan fingerprint density at radius 2 is 1.71 bits per heavy atom. The normalized spacial score (nSPS) is 11.5. The van der Waals surface area contributed by atoms with Crippen LogP contribution in [0.25, 0.3) is 0 Å². The third kappa shape index (κ3) is 4.55. The fourth-order valence-corrected chi connectivity index (χ4v) is 2.30. The smallest absolute Gasteiger partial charge is 0.246 e. The number of hydrogen-bond donors (Lipinski definition) is 2. The molecule has 0 aliphatic carbocycles. The SMILES string of the molecule is CNC(=O)C(NC(=O)CN(C)c1ccc(F)cc1)c1ccccc1. The number of benzene rings is 2. The number of nitrogens with one attached hydrogen (secondary N) is 2. The molecule has 0 heterocycles. The van der Waals surface area contributed by atoms with Gasteiger partial charge in [-0.15, -0.1) is 0 Å². The molecule has 0 saturated heterocycles. The van der Waals surface area contributed by atoms with Crippen LogP contribution in [-0.4, -0.2) is 32.5 Å². The van der Waals surface area contributed by atoms with Crippen molar-refractivity contribution in [3.05, 3.63) is 66.0 Å². The third-order valence-corrected chi connectivity index (χ3v) is 3.59. The molecule has 5 nitrogen and oxygen atoms in total. The van der Waals surface area contributed by atoms with E-state index in [1.165, 1.54) is 19.2 Å². The highest BCUT2D eigenvalue weighted by atomic mass is 19.1. The molecule has 2 aromatic carbocycles. The van der Waals surface area contributed by atoms with Gasteiger partial charge in [0.1, 0.15) is 11.9 Å². The topological polar surface area (TPSA) is 61.4 Å². The van der Waals surface area contributed by atoms with Gasteiger partial charge in [0, 0.05) is 19.8 Å². The largest absolute Gasteiger partial charge is 0.365 e. The first-order valence-corrected chi connectivity index (χ1v) is 7.54. The van der Waals surface area contributed by atoms with Crippen molar-refractivity contribution in [2.24, 2.45) is 0 Å². The summed E-state index contributed by atoms with van der Waals surface area (Å²) >= 11 is 0. The number of nitrogens with zero attached hydrogens (tertiary/aromatic N) is 1. The fraction of sp³-hybridized carbons (Fsp3) is 0.222. The van der Waals surface area contributed by atoms with Gasteiger partial charge in [-0.05, 0) is 29.8 Å². The lowest BCUT2D eigenvalue weighted by Gasteiger charge is -2.22. The number of halogens is 1. The Hall–Kier alpha value is -2.89. The molecule has 0 bridgehead atoms. The van der Waals surface area contributed by atoms with Crippen molar-refractivity contribution in [3.63, 3.8) is 0 Å². The molecule has 0 saturated carbocycles. The average Bonchev–Trinajstić information content (AvgIpc) is 2.60. The predicted molar refractivity (Wildman–Crippen MR) is 91.1 cm³/mol. The Bertz CT molecular complexity index is 689. The van der Waals surface area contributed by atoms with E-state index in [4.69, 9.17) is 0 Å². The molecule has 1 atom stereocenters. The van der Waals surface area contributed by atoms with E-state index >= 15 is 0 Å². The van der Waals surface area contributed by atoms with Crippen molar-refractivity contribution in [1.82, 2.24) is 10.6 Å². The van der Waals surface area contributed by atoms with Gasteiger partial charge in [0.05, 0.1) is 6.54 Å². The van der Waals surface area contributed by atoms with E-state index in [0.717, 1.165) is 0 Å². The molecular formula is C18H20FN3O2. The highest BCUT2D eigenvalue weighted by Gasteiger charge is 2.22. The highest BCUT2D eigenvalue weighted by Crippen LogP contribution is 2.15. The molecule has 2 amide bonds. The van der Waals surface area contributed by atoms with Gasteiger partial charge in [-0.1, -0.05) is 30.3 Å². The summed E-state index contributed by atoms with van der Waals surface area (Å²) in [5.41, 5.74) is 1.41. The Kier molecular flexibility index (Phi) is 5.89. The number of carbonyl (C=O) groups excluding carboxylic acids is 2. The van der Waals surface area contributed by atoms with Crippen molar-refractivity contribution < 1.29 is 14.0 Å². The average molecular weight is 329 g/mol. The van der Waals surface area contributed by atoms with Gasteiger partial charge in [-0.3, -0.25) is 9.59 Å². The Morgan fingerprint density at radius 3 is 2.29 bits per heavy atom. The molecular weight excluding hydrogens is 309 g/mol. The first-order valence-electron chi connectivity index (χ1n) is 7.54. The molecule has 0 aromatic heterocycles. The Morgan fingerprint density at radius 1 is 1.08 bits per heavy atom. The molecule has 0 fully saturated rings. The molecule has 2 N–H and O–H groups in total. The summed E-state index contributed by atoms with van der Waals surface area (Å²) in [5, 5.41) is 5.28. The highest BCUT2D eigenvalue weighted by molar-refractivity contribution is 5.90. The summed E-state index contributed by atoms with van der Waals surface area (Å²) in [6, 6.07) is 14.1. The summed E-state index contributed by atoms with van der Waals surface area (Å²) in [5.74, 6) is -0.932. The number of rotatable bonds is 6. The number of amides is 2. The third-order valence-electron chi connectivity index (χ3n) is 3.59. The lowest BCUT2D eigenvalue weighted by atomic mass is 10.1. The Balaban J connectivity index is 2.05. The van der Waals surface area contributed by atoms with E-state index in [9.17, 15) is 14.0 Å². The molecule has 0 aliphatic rings. The van der Waals surface area contributed by atoms with Gasteiger partial charge in [-0.2, -0.15) is 0 Å². The van der Waals surface area contributed by atoms with Gasteiger partial charge in [0.25, 0.3) is 0 Å². The van der Waals surface area contributed by atoms with Crippen LogP contribution >= 0.6 is 0 Å². The van der Waals surface area contributed by atoms with Crippen LogP contribution in [0, 0.1) is 5.82 Å². The van der Waals surface area contributed by atoms with E-state index in [0.29, 0.717) is 11.3 Å². The minimum absolute atomic E-state index is 0.0476. The number of likely N-dealkylation sites (N-methyl/N-ethyl adjacent to an activating group) is 2. The van der Waals surface area contributed by atoms with Gasteiger partial charge in [0.15, 0.2) is 0 Å². The van der Waals surface area contributed by atoms with Crippen LogP contribution in [0.1, 0.15) is 11.6 Å². The van der Waals surface area contributed by atoms with Crippen LogP contribution < -0.4 is 15.5 Å². The van der Waals surface area contributed by atoms with Crippen LogP contribution in [0.3, 0.4) is 0 Å². The zero-order chi connectivity index (χ0) is 17.5. The summed E-state index contributed by atoms with van der Waals surface area (Å²) in [4.78, 5) is 26.0. The van der Waals surface area contributed by atoms with Crippen LogP contribution in [0.15, 0.2) is 54.6 Å². The molecule has 6 heteroatoms. The van der Waals surface area contributed by atoms with Crippen molar-refractivity contribution in [2.45, 2.75) is 6.04 Å². The van der Waals surface area contributed by atoms with Crippen LogP contribution in [-0.2, 0) is 9.59 Å². The van der Waals surface area contributed by atoms with E-state index in [2.05, 4.69) is 10.6 Å². The maximum absolute atomic E-state index is 13.0. The second-order valence-corrected chi connectivity index (χ2v) is 5.36. The summed E-state index contributed by atoms with van der Waals surface area (Å²) < 4.78 is 13.0. The quantitative estimate of drug-likeness (QED) is 0.850. The van der Waals surface area contributed by atoms with E-state index in [1.807, 2.05) is 18.2 Å². The van der Waals surface area contributed by atoms with Crippen molar-refractivity contribution in [1.29, 1.82) is 0 Å². The zero-order valence-corrected chi connectivity index (χ0v) is 13.6. The van der Waals surface area contributed by atoms with Gasteiger partial charge < -0.3 is 15.5 Å². The number of anilines is 1. The summed E-state index contributed by atoms with van der Waals surface area (Å²) in [6.45, 7) is 0.0476. The van der Waals surface area contributed by atoms with Crippen molar-refractivity contribution in [3.8, 4) is 0 Å². The van der Waals surface area contributed by atoms with E-state index in [1.54, 1.807) is 36.2 Å². The number of hydrogen-bond acceptors (Lipinski definition) is 3. The summed E-state index contributed by atoms with van der Waals surface area (Å²) in [7, 11) is 3.25. The second kappa shape index (κ2) is 8.10. The minimum atomic E-state index is -0.759. The molecule has 24 heavy (non-hydrogen) atoms. The predicted octanol–water partition coefficient (Wildman–Crippen LogP) is 1.87. The first kappa shape index (κ1) is 17.5. The molecule has 0 aliphatic heterocycles. The van der Waals surface area contributed by atoms with Gasteiger partial charge in [0.2, 0.25) is 11.8 Å². The van der Waals surface area contributed by atoms with Crippen molar-refractivity contribution >= 4 is 17.5 Å². The Labute approximate surface area is 140 Å². The van der Waals surface area contributed by atoms with Gasteiger partial charge >= 0.3 is 0 Å². The van der Waals surface area contributed by atoms with Crippen LogP contribution in [0.4, 0.5) is 10.1 Å². The van der Waals surface area contributed by atoms with E-state index in [-0.39, 0.29) is 24.2 Å². The minimum Gasteiger partial charge on any atom is -0.365 e. The van der Waals surface area contributed by atoms with Gasteiger partial charge in [-0.25, -0.2) is 4.39 Å². The maximum Gasteiger partial charge on any atom is 0.246 e. The number of carbonyl (C=O) groups is 2. The molecule has 0 radical (unpaired) electrons. The van der Waals surface area contributed by atoms with Crippen LogP contribution in [0.5, 0.6) is 0 Å². The lowest BCUT2D eigenvalue weighted by molar-refractivity contribution is -0.128. The summed E-state index contributed by atoms with van der Waals surface area (Å²) in [6.07, 6.45) is 0. The molecule has 1 unspecified atom stereocenters. The molecule has 2 rings (SSSR count).